The summed E-state index contributed by atoms with van der Waals surface area (Å²) in [6.45, 7) is 0.261. The Morgan fingerprint density at radius 1 is 1.10 bits per heavy atom. The first-order chi connectivity index (χ1) is 10.1. The van der Waals surface area contributed by atoms with Crippen LogP contribution >= 0.6 is 0 Å². The van der Waals surface area contributed by atoms with Crippen LogP contribution in [0, 0.1) is 0 Å². The second-order valence-electron chi connectivity index (χ2n) is 4.42. The van der Waals surface area contributed by atoms with E-state index in [1.54, 1.807) is 36.4 Å². The van der Waals surface area contributed by atoms with Crippen LogP contribution in [0.2, 0.25) is 0 Å². The van der Waals surface area contributed by atoms with Crippen LogP contribution in [0.25, 0.3) is 0 Å². The highest BCUT2D eigenvalue weighted by atomic mass is 16.5. The third-order valence-electron chi connectivity index (χ3n) is 2.96. The van der Waals surface area contributed by atoms with Crippen molar-refractivity contribution in [1.29, 1.82) is 0 Å². The summed E-state index contributed by atoms with van der Waals surface area (Å²) in [6, 6.07) is 13.3. The molecule has 0 aliphatic carbocycles. The highest BCUT2D eigenvalue weighted by Crippen LogP contribution is 2.12. The van der Waals surface area contributed by atoms with E-state index in [2.05, 4.69) is 5.32 Å². The summed E-state index contributed by atoms with van der Waals surface area (Å²) >= 11 is 0. The van der Waals surface area contributed by atoms with Crippen LogP contribution in [0.15, 0.2) is 48.5 Å². The molecule has 2 aromatic carbocycles. The van der Waals surface area contributed by atoms with Crippen molar-refractivity contribution in [3.8, 4) is 5.75 Å². The lowest BCUT2D eigenvalue weighted by Gasteiger charge is -2.07. The minimum atomic E-state index is -0.990. The van der Waals surface area contributed by atoms with E-state index in [1.165, 1.54) is 19.2 Å². The quantitative estimate of drug-likeness (QED) is 0.884. The lowest BCUT2D eigenvalue weighted by Crippen LogP contribution is -2.22. The molecule has 0 radical (unpaired) electrons. The Morgan fingerprint density at radius 2 is 1.81 bits per heavy atom. The molecule has 0 spiro atoms. The molecule has 0 saturated carbocycles. The number of hydrogen-bond acceptors (Lipinski definition) is 3. The number of aromatic carboxylic acids is 1. The lowest BCUT2D eigenvalue weighted by atomic mass is 10.1. The van der Waals surface area contributed by atoms with E-state index in [-0.39, 0.29) is 18.0 Å². The zero-order chi connectivity index (χ0) is 15.2. The zero-order valence-corrected chi connectivity index (χ0v) is 11.5. The van der Waals surface area contributed by atoms with Crippen molar-refractivity contribution in [1.82, 2.24) is 5.32 Å². The minimum absolute atomic E-state index is 0.197. The van der Waals surface area contributed by atoms with Gasteiger partial charge in [-0.3, -0.25) is 4.79 Å². The van der Waals surface area contributed by atoms with E-state index in [4.69, 9.17) is 9.84 Å². The molecule has 0 aliphatic rings. The molecule has 0 fully saturated rings. The van der Waals surface area contributed by atoms with Crippen LogP contribution in [0.5, 0.6) is 5.75 Å². The van der Waals surface area contributed by atoms with Crippen LogP contribution in [0.1, 0.15) is 26.3 Å². The number of carboxylic acids is 1. The fourth-order valence-electron chi connectivity index (χ4n) is 1.86. The Labute approximate surface area is 122 Å². The van der Waals surface area contributed by atoms with Gasteiger partial charge in [0.1, 0.15) is 5.75 Å². The molecule has 2 rings (SSSR count). The van der Waals surface area contributed by atoms with Gasteiger partial charge in [-0.2, -0.15) is 0 Å². The van der Waals surface area contributed by atoms with Crippen molar-refractivity contribution in [3.63, 3.8) is 0 Å². The van der Waals surface area contributed by atoms with Crippen molar-refractivity contribution in [2.75, 3.05) is 7.11 Å². The maximum absolute atomic E-state index is 12.0. The van der Waals surface area contributed by atoms with E-state index in [0.29, 0.717) is 11.3 Å². The number of hydrogen-bond donors (Lipinski definition) is 2. The topological polar surface area (TPSA) is 75.6 Å². The van der Waals surface area contributed by atoms with E-state index >= 15 is 0 Å². The van der Waals surface area contributed by atoms with Crippen molar-refractivity contribution in [2.24, 2.45) is 0 Å². The zero-order valence-electron chi connectivity index (χ0n) is 11.5. The van der Waals surface area contributed by atoms with Crippen LogP contribution in [-0.4, -0.2) is 24.1 Å². The van der Waals surface area contributed by atoms with Gasteiger partial charge in [-0.15, -0.1) is 0 Å². The number of amides is 1. The minimum Gasteiger partial charge on any atom is -0.497 e. The van der Waals surface area contributed by atoms with Crippen LogP contribution in [0.3, 0.4) is 0 Å². The van der Waals surface area contributed by atoms with Gasteiger partial charge in [-0.1, -0.05) is 18.2 Å². The first kappa shape index (κ1) is 14.6. The highest BCUT2D eigenvalue weighted by molar-refractivity contribution is 5.94. The third kappa shape index (κ3) is 3.82. The maximum atomic E-state index is 12.0. The molecule has 2 N–H and O–H groups in total. The van der Waals surface area contributed by atoms with Gasteiger partial charge < -0.3 is 15.2 Å². The first-order valence-electron chi connectivity index (χ1n) is 6.34. The molecule has 0 bridgehead atoms. The largest absolute Gasteiger partial charge is 0.497 e. The summed E-state index contributed by atoms with van der Waals surface area (Å²) in [7, 11) is 1.54. The lowest BCUT2D eigenvalue weighted by molar-refractivity contribution is 0.0696. The second kappa shape index (κ2) is 6.56. The summed E-state index contributed by atoms with van der Waals surface area (Å²) < 4.78 is 5.06. The van der Waals surface area contributed by atoms with E-state index in [1.807, 2.05) is 0 Å². The smallest absolute Gasteiger partial charge is 0.335 e. The molecule has 1 amide bonds. The molecule has 0 saturated heterocycles. The maximum Gasteiger partial charge on any atom is 0.335 e. The van der Waals surface area contributed by atoms with Gasteiger partial charge in [0.05, 0.1) is 12.7 Å². The number of rotatable bonds is 5. The molecule has 0 aromatic heterocycles. The normalized spacial score (nSPS) is 9.95. The molecule has 2 aromatic rings. The number of methoxy groups -OCH3 is 1. The first-order valence-corrected chi connectivity index (χ1v) is 6.34. The second-order valence-corrected chi connectivity index (χ2v) is 4.42. The van der Waals surface area contributed by atoms with E-state index in [9.17, 15) is 9.59 Å². The average Bonchev–Trinajstić information content (AvgIpc) is 2.53. The van der Waals surface area contributed by atoms with Gasteiger partial charge in [-0.25, -0.2) is 4.79 Å². The summed E-state index contributed by atoms with van der Waals surface area (Å²) in [5, 5.41) is 11.7. The summed E-state index contributed by atoms with van der Waals surface area (Å²) in [5.74, 6) is -0.624. The monoisotopic (exact) mass is 285 g/mol. The van der Waals surface area contributed by atoms with Crippen molar-refractivity contribution in [3.05, 3.63) is 65.2 Å². The SMILES string of the molecule is COc1cccc(C(=O)NCc2cccc(C(=O)O)c2)c1. The van der Waals surface area contributed by atoms with Gasteiger partial charge in [0.25, 0.3) is 5.91 Å². The van der Waals surface area contributed by atoms with Crippen molar-refractivity contribution in [2.45, 2.75) is 6.54 Å². The van der Waals surface area contributed by atoms with E-state index < -0.39 is 5.97 Å². The van der Waals surface area contributed by atoms with E-state index in [0.717, 1.165) is 5.56 Å². The molecule has 5 heteroatoms. The Balaban J connectivity index is 2.03. The summed E-state index contributed by atoms with van der Waals surface area (Å²) in [4.78, 5) is 22.9. The van der Waals surface area contributed by atoms with Gasteiger partial charge >= 0.3 is 5.97 Å². The van der Waals surface area contributed by atoms with Gasteiger partial charge in [0.15, 0.2) is 0 Å². The molecule has 0 atom stereocenters. The standard InChI is InChI=1S/C16H15NO4/c1-21-14-7-3-5-12(9-14)15(18)17-10-11-4-2-6-13(8-11)16(19)20/h2-9H,10H2,1H3,(H,17,18)(H,19,20). The Morgan fingerprint density at radius 3 is 2.52 bits per heavy atom. The molecule has 0 aliphatic heterocycles. The molecule has 5 nitrogen and oxygen atoms in total. The van der Waals surface area contributed by atoms with Crippen LogP contribution < -0.4 is 10.1 Å². The van der Waals surface area contributed by atoms with Gasteiger partial charge in [-0.05, 0) is 35.9 Å². The van der Waals surface area contributed by atoms with Crippen LogP contribution in [-0.2, 0) is 6.54 Å². The van der Waals surface area contributed by atoms with Crippen LogP contribution in [0.4, 0.5) is 0 Å². The Bertz CT molecular complexity index is 667. The predicted octanol–water partition coefficient (Wildman–Crippen LogP) is 2.32. The van der Waals surface area contributed by atoms with Gasteiger partial charge in [0, 0.05) is 12.1 Å². The number of carbonyl (C=O) groups excluding carboxylic acids is 1. The number of nitrogens with one attached hydrogen (secondary N) is 1. The van der Waals surface area contributed by atoms with Crippen molar-refractivity contribution >= 4 is 11.9 Å². The third-order valence-corrected chi connectivity index (χ3v) is 2.96. The Hall–Kier alpha value is -2.82. The summed E-state index contributed by atoms with van der Waals surface area (Å²) in [5.41, 5.74) is 1.41. The number of carbonyl (C=O) groups is 2. The molecule has 0 heterocycles. The highest BCUT2D eigenvalue weighted by Gasteiger charge is 2.07. The fourth-order valence-corrected chi connectivity index (χ4v) is 1.86. The number of ether oxygens (including phenoxy) is 1. The number of carboxylic acid groups (broad SMARTS) is 1. The molecule has 108 valence electrons. The van der Waals surface area contributed by atoms with Gasteiger partial charge in [0.2, 0.25) is 0 Å². The van der Waals surface area contributed by atoms with Crippen molar-refractivity contribution < 1.29 is 19.4 Å². The molecule has 21 heavy (non-hydrogen) atoms. The fraction of sp³-hybridized carbons (Fsp3) is 0.125. The number of benzene rings is 2. The Kier molecular flexibility index (Phi) is 4.56. The molecular formula is C16H15NO4. The average molecular weight is 285 g/mol. The molecular weight excluding hydrogens is 270 g/mol. The predicted molar refractivity (Wildman–Crippen MR) is 77.6 cm³/mol. The summed E-state index contributed by atoms with van der Waals surface area (Å²) in [6.07, 6.45) is 0. The molecule has 0 unspecified atom stereocenters.